The molecule has 8 nitrogen and oxygen atoms in total. The number of carbonyl (C=O) groups excluding carboxylic acids is 4. The third kappa shape index (κ3) is 3.43. The lowest BCUT2D eigenvalue weighted by atomic mass is 9.57. The minimum atomic E-state index is -0.677. The van der Waals surface area contributed by atoms with Crippen LogP contribution in [0.4, 0.5) is 0 Å². The fourth-order valence-electron chi connectivity index (χ4n) is 6.37. The van der Waals surface area contributed by atoms with Gasteiger partial charge >= 0.3 is 0 Å². The second-order valence-electron chi connectivity index (χ2n) is 9.73. The Balaban J connectivity index is 1.36. The molecule has 4 aliphatic rings. The molecule has 0 aromatic heterocycles. The Kier molecular flexibility index (Phi) is 4.98. The Labute approximate surface area is 201 Å². The molecule has 2 aromatic carbocycles. The molecular weight excluding hydrogens is 448 g/mol. The number of imide groups is 2. The maximum absolute atomic E-state index is 12.9. The van der Waals surface area contributed by atoms with Crippen molar-refractivity contribution in [1.82, 2.24) is 10.6 Å². The molecule has 1 saturated carbocycles. The summed E-state index contributed by atoms with van der Waals surface area (Å²) in [7, 11) is 0. The van der Waals surface area contributed by atoms with Gasteiger partial charge in [0.2, 0.25) is 23.6 Å². The van der Waals surface area contributed by atoms with Crippen molar-refractivity contribution in [3.63, 3.8) is 0 Å². The quantitative estimate of drug-likeness (QED) is 0.463. The summed E-state index contributed by atoms with van der Waals surface area (Å²) >= 11 is 0. The lowest BCUT2D eigenvalue weighted by molar-refractivity contribution is -0.128. The smallest absolute Gasteiger partial charge is 0.231 e. The van der Waals surface area contributed by atoms with Crippen LogP contribution in [0.15, 0.2) is 60.2 Å². The lowest BCUT2D eigenvalue weighted by Gasteiger charge is -2.44. The van der Waals surface area contributed by atoms with Gasteiger partial charge in [-0.15, -0.1) is 0 Å². The molecule has 0 radical (unpaired) electrons. The summed E-state index contributed by atoms with van der Waals surface area (Å²) in [5.41, 5.74) is 2.34. The molecule has 35 heavy (non-hydrogen) atoms. The van der Waals surface area contributed by atoms with Crippen molar-refractivity contribution in [2.24, 2.45) is 29.6 Å². The van der Waals surface area contributed by atoms with Crippen molar-refractivity contribution in [2.75, 3.05) is 0 Å². The molecule has 0 bridgehead atoms. The van der Waals surface area contributed by atoms with Crippen molar-refractivity contribution in [3.05, 3.63) is 71.3 Å². The summed E-state index contributed by atoms with van der Waals surface area (Å²) in [6.07, 6.45) is 2.64. The van der Waals surface area contributed by atoms with E-state index >= 15 is 0 Å². The van der Waals surface area contributed by atoms with Crippen LogP contribution in [-0.4, -0.2) is 28.7 Å². The van der Waals surface area contributed by atoms with Gasteiger partial charge in [-0.05, 0) is 30.4 Å². The number of rotatable bonds is 4. The molecule has 8 heteroatoms. The summed E-state index contributed by atoms with van der Waals surface area (Å²) in [6, 6.07) is 14.6. The fraction of sp³-hybridized carbons (Fsp3) is 0.333. The third-order valence-electron chi connectivity index (χ3n) is 7.92. The summed E-state index contributed by atoms with van der Waals surface area (Å²) in [5.74, 6) is -4.16. The van der Waals surface area contributed by atoms with Crippen molar-refractivity contribution < 1.29 is 29.0 Å². The standard InChI is InChI=1S/C27H24N2O6/c30-20-10-14(35-12-13-4-2-1-3-5-13)6-7-16(20)21-15-8-9-17-22(26(33)28-24(17)31)18(15)11-19-23(21)27(34)29-25(19)32/h1-8,10,17-19,21-23,30H,9,11-12H2,(H,28,31,33)(H,29,32,34). The number of benzene rings is 2. The topological polar surface area (TPSA) is 122 Å². The Morgan fingerprint density at radius 2 is 1.54 bits per heavy atom. The number of phenolic OH excluding ortho intramolecular Hbond substituents is 1. The van der Waals surface area contributed by atoms with Gasteiger partial charge in [0.25, 0.3) is 0 Å². The predicted molar refractivity (Wildman–Crippen MR) is 123 cm³/mol. The number of nitrogens with one attached hydrogen (secondary N) is 2. The first kappa shape index (κ1) is 21.6. The van der Waals surface area contributed by atoms with E-state index in [1.807, 2.05) is 36.4 Å². The lowest BCUT2D eigenvalue weighted by Crippen LogP contribution is -2.42. The Morgan fingerprint density at radius 3 is 2.29 bits per heavy atom. The molecule has 2 heterocycles. The molecule has 6 unspecified atom stereocenters. The number of phenols is 1. The average molecular weight is 472 g/mol. The average Bonchev–Trinajstić information content (AvgIpc) is 3.31. The Morgan fingerprint density at radius 1 is 0.829 bits per heavy atom. The highest BCUT2D eigenvalue weighted by Gasteiger charge is 2.59. The maximum atomic E-state index is 12.9. The minimum Gasteiger partial charge on any atom is -0.508 e. The molecule has 4 amide bonds. The number of carbonyl (C=O) groups is 4. The van der Waals surface area contributed by atoms with Crippen LogP contribution in [-0.2, 0) is 25.8 Å². The van der Waals surface area contributed by atoms with E-state index in [0.29, 0.717) is 30.8 Å². The molecular formula is C27H24N2O6. The van der Waals surface area contributed by atoms with E-state index < -0.39 is 29.6 Å². The van der Waals surface area contributed by atoms with Gasteiger partial charge in [0.05, 0.1) is 23.7 Å². The van der Waals surface area contributed by atoms with Gasteiger partial charge in [0.1, 0.15) is 18.1 Å². The molecule has 2 aliphatic carbocycles. The normalized spacial score (nSPS) is 31.1. The highest BCUT2D eigenvalue weighted by Crippen LogP contribution is 2.57. The van der Waals surface area contributed by atoms with Crippen molar-refractivity contribution in [3.8, 4) is 11.5 Å². The van der Waals surface area contributed by atoms with Crippen molar-refractivity contribution >= 4 is 23.6 Å². The van der Waals surface area contributed by atoms with E-state index in [4.69, 9.17) is 4.74 Å². The van der Waals surface area contributed by atoms with Crippen LogP contribution in [0.3, 0.4) is 0 Å². The van der Waals surface area contributed by atoms with Crippen molar-refractivity contribution in [1.29, 1.82) is 0 Å². The molecule has 2 aliphatic heterocycles. The van der Waals surface area contributed by atoms with Crippen LogP contribution in [0.2, 0.25) is 0 Å². The zero-order valence-electron chi connectivity index (χ0n) is 18.8. The van der Waals surface area contributed by atoms with E-state index in [2.05, 4.69) is 10.6 Å². The number of hydrogen-bond donors (Lipinski definition) is 3. The van der Waals surface area contributed by atoms with Crippen LogP contribution in [0, 0.1) is 29.6 Å². The predicted octanol–water partition coefficient (Wildman–Crippen LogP) is 2.18. The second kappa shape index (κ2) is 8.08. The number of ether oxygens (including phenoxy) is 1. The third-order valence-corrected chi connectivity index (χ3v) is 7.92. The maximum Gasteiger partial charge on any atom is 0.231 e. The number of hydrogen-bond acceptors (Lipinski definition) is 6. The zero-order valence-corrected chi connectivity index (χ0v) is 18.8. The van der Waals surface area contributed by atoms with Gasteiger partial charge in [-0.3, -0.25) is 29.8 Å². The van der Waals surface area contributed by atoms with Gasteiger partial charge in [0, 0.05) is 17.5 Å². The number of allylic oxidation sites excluding steroid dienone is 2. The molecule has 3 fully saturated rings. The van der Waals surface area contributed by atoms with Gasteiger partial charge in [-0.2, -0.15) is 0 Å². The highest BCUT2D eigenvalue weighted by atomic mass is 16.5. The van der Waals surface area contributed by atoms with Crippen LogP contribution < -0.4 is 15.4 Å². The Bertz CT molecular complexity index is 1290. The van der Waals surface area contributed by atoms with Gasteiger partial charge in [0.15, 0.2) is 0 Å². The molecule has 6 atom stereocenters. The van der Waals surface area contributed by atoms with E-state index in [9.17, 15) is 24.3 Å². The van der Waals surface area contributed by atoms with Crippen molar-refractivity contribution in [2.45, 2.75) is 25.4 Å². The molecule has 2 saturated heterocycles. The fourth-order valence-corrected chi connectivity index (χ4v) is 6.37. The minimum absolute atomic E-state index is 0.0397. The monoisotopic (exact) mass is 472 g/mol. The molecule has 3 N–H and O–H groups in total. The van der Waals surface area contributed by atoms with Crippen LogP contribution in [0.25, 0.3) is 0 Å². The Hall–Kier alpha value is -3.94. The first-order valence-corrected chi connectivity index (χ1v) is 11.8. The molecule has 2 aromatic rings. The molecule has 6 rings (SSSR count). The zero-order chi connectivity index (χ0) is 24.3. The number of aromatic hydroxyl groups is 1. The van der Waals surface area contributed by atoms with E-state index in [0.717, 1.165) is 11.1 Å². The summed E-state index contributed by atoms with van der Waals surface area (Å²) < 4.78 is 5.83. The first-order chi connectivity index (χ1) is 16.9. The largest absolute Gasteiger partial charge is 0.508 e. The van der Waals surface area contributed by atoms with Gasteiger partial charge < -0.3 is 9.84 Å². The van der Waals surface area contributed by atoms with E-state index in [1.54, 1.807) is 12.1 Å². The van der Waals surface area contributed by atoms with Crippen LogP contribution in [0.1, 0.15) is 29.9 Å². The van der Waals surface area contributed by atoms with Gasteiger partial charge in [-0.1, -0.05) is 48.0 Å². The van der Waals surface area contributed by atoms with E-state index in [-0.39, 0.29) is 35.3 Å². The number of fused-ring (bicyclic) bond motifs is 4. The SMILES string of the molecule is O=C1NC(=O)C2C1CC=C1C2CC2C(=O)NC(=O)C2C1c1ccc(OCc2ccccc2)cc1O. The summed E-state index contributed by atoms with van der Waals surface area (Å²) in [4.78, 5) is 50.5. The second-order valence-corrected chi connectivity index (χ2v) is 9.73. The molecule has 178 valence electrons. The van der Waals surface area contributed by atoms with Crippen LogP contribution >= 0.6 is 0 Å². The van der Waals surface area contributed by atoms with E-state index in [1.165, 1.54) is 6.07 Å². The number of amides is 4. The molecule has 0 spiro atoms. The van der Waals surface area contributed by atoms with Crippen LogP contribution in [0.5, 0.6) is 11.5 Å². The summed E-state index contributed by atoms with van der Waals surface area (Å²) in [6.45, 7) is 0.337. The first-order valence-electron chi connectivity index (χ1n) is 11.8. The summed E-state index contributed by atoms with van der Waals surface area (Å²) in [5, 5.41) is 15.9. The van der Waals surface area contributed by atoms with Gasteiger partial charge in [-0.25, -0.2) is 0 Å². The highest BCUT2D eigenvalue weighted by molar-refractivity contribution is 6.07.